The minimum atomic E-state index is -1.06. The Bertz CT molecular complexity index is 650. The van der Waals surface area contributed by atoms with Gasteiger partial charge in [-0.2, -0.15) is 5.10 Å². The number of halogens is 1. The number of aromatic nitrogens is 2. The molecule has 1 aromatic heterocycles. The molecule has 0 saturated heterocycles. The van der Waals surface area contributed by atoms with Gasteiger partial charge in [0.2, 0.25) is 0 Å². The van der Waals surface area contributed by atoms with Crippen molar-refractivity contribution in [1.82, 2.24) is 10.2 Å². The molecular formula is C13H13ClN2O3. The van der Waals surface area contributed by atoms with Crippen LogP contribution in [0.25, 0.3) is 11.3 Å². The van der Waals surface area contributed by atoms with Crippen molar-refractivity contribution in [2.75, 3.05) is 7.11 Å². The maximum Gasteiger partial charge on any atom is 0.353 e. The van der Waals surface area contributed by atoms with Gasteiger partial charge in [-0.3, -0.25) is 5.10 Å². The smallest absolute Gasteiger partial charge is 0.353 e. The molecule has 2 aromatic rings. The standard InChI is InChI=1S/C13H13ClN2O3/c1-6-4-7(2)11(14)12(19-3)10(6)8-5-9(13(17)18)16-15-8/h4-5H,1-3H3,(H,15,16)(H,17,18). The van der Waals surface area contributed by atoms with Crippen LogP contribution in [0.2, 0.25) is 5.02 Å². The lowest BCUT2D eigenvalue weighted by Gasteiger charge is -2.13. The molecular weight excluding hydrogens is 268 g/mol. The lowest BCUT2D eigenvalue weighted by molar-refractivity contribution is 0.0690. The van der Waals surface area contributed by atoms with Crippen molar-refractivity contribution in [1.29, 1.82) is 0 Å². The monoisotopic (exact) mass is 280 g/mol. The number of H-pyrrole nitrogens is 1. The molecule has 0 unspecified atom stereocenters. The van der Waals surface area contributed by atoms with Gasteiger partial charge in [0.1, 0.15) is 11.4 Å². The van der Waals surface area contributed by atoms with E-state index < -0.39 is 5.97 Å². The molecule has 0 saturated carbocycles. The molecule has 0 bridgehead atoms. The lowest BCUT2D eigenvalue weighted by atomic mass is 10.0. The maximum absolute atomic E-state index is 10.9. The summed E-state index contributed by atoms with van der Waals surface area (Å²) in [6.07, 6.45) is 0. The first kappa shape index (κ1) is 13.4. The summed E-state index contributed by atoms with van der Waals surface area (Å²) < 4.78 is 5.33. The predicted molar refractivity (Wildman–Crippen MR) is 72.0 cm³/mol. The molecule has 1 aromatic carbocycles. The molecule has 1 heterocycles. The normalized spacial score (nSPS) is 10.5. The summed E-state index contributed by atoms with van der Waals surface area (Å²) in [5.41, 5.74) is 3.03. The Morgan fingerprint density at radius 1 is 1.37 bits per heavy atom. The minimum Gasteiger partial charge on any atom is -0.494 e. The molecule has 0 fully saturated rings. The Hall–Kier alpha value is -2.01. The van der Waals surface area contributed by atoms with Crippen molar-refractivity contribution in [2.45, 2.75) is 13.8 Å². The molecule has 19 heavy (non-hydrogen) atoms. The number of aromatic amines is 1. The summed E-state index contributed by atoms with van der Waals surface area (Å²) >= 11 is 6.21. The molecule has 0 atom stereocenters. The molecule has 2 N–H and O–H groups in total. The number of nitrogens with zero attached hydrogens (tertiary/aromatic N) is 1. The molecule has 0 amide bonds. The van der Waals surface area contributed by atoms with Crippen molar-refractivity contribution in [3.05, 3.63) is 34.0 Å². The van der Waals surface area contributed by atoms with Crippen molar-refractivity contribution < 1.29 is 14.6 Å². The number of hydrogen-bond acceptors (Lipinski definition) is 3. The number of carboxylic acids is 1. The van der Waals surface area contributed by atoms with Gasteiger partial charge in [0.25, 0.3) is 0 Å². The first-order valence-electron chi connectivity index (χ1n) is 5.58. The highest BCUT2D eigenvalue weighted by molar-refractivity contribution is 6.33. The van der Waals surface area contributed by atoms with Crippen LogP contribution < -0.4 is 4.74 Å². The second-order valence-corrected chi connectivity index (χ2v) is 4.58. The molecule has 2 rings (SSSR count). The zero-order chi connectivity index (χ0) is 14.2. The number of rotatable bonds is 3. The summed E-state index contributed by atoms with van der Waals surface area (Å²) in [6, 6.07) is 3.37. The van der Waals surface area contributed by atoms with Crippen LogP contribution >= 0.6 is 11.6 Å². The zero-order valence-electron chi connectivity index (χ0n) is 10.7. The molecule has 6 heteroatoms. The Labute approximate surface area is 115 Å². The third-order valence-electron chi connectivity index (χ3n) is 2.87. The van der Waals surface area contributed by atoms with Gasteiger partial charge in [0.15, 0.2) is 0 Å². The zero-order valence-corrected chi connectivity index (χ0v) is 11.5. The number of methoxy groups -OCH3 is 1. The molecule has 0 aliphatic heterocycles. The quantitative estimate of drug-likeness (QED) is 0.906. The average molecular weight is 281 g/mol. The van der Waals surface area contributed by atoms with Crippen LogP contribution in [-0.2, 0) is 0 Å². The Kier molecular flexibility index (Phi) is 3.48. The molecule has 0 spiro atoms. The van der Waals surface area contributed by atoms with Crippen molar-refractivity contribution in [2.24, 2.45) is 0 Å². The Balaban J connectivity index is 2.66. The summed E-state index contributed by atoms with van der Waals surface area (Å²) in [5.74, 6) is -0.559. The van der Waals surface area contributed by atoms with E-state index in [1.165, 1.54) is 13.2 Å². The van der Waals surface area contributed by atoms with E-state index in [0.29, 0.717) is 22.0 Å². The van der Waals surface area contributed by atoms with Crippen LogP contribution in [0.4, 0.5) is 0 Å². The molecule has 0 aliphatic rings. The number of aryl methyl sites for hydroxylation is 2. The van der Waals surface area contributed by atoms with Gasteiger partial charge in [-0.05, 0) is 31.0 Å². The third kappa shape index (κ3) is 2.29. The van der Waals surface area contributed by atoms with Gasteiger partial charge in [-0.1, -0.05) is 17.7 Å². The van der Waals surface area contributed by atoms with Crippen LogP contribution in [-0.4, -0.2) is 28.4 Å². The molecule has 5 nitrogen and oxygen atoms in total. The van der Waals surface area contributed by atoms with Crippen LogP contribution in [0, 0.1) is 13.8 Å². The van der Waals surface area contributed by atoms with Crippen molar-refractivity contribution in [3.63, 3.8) is 0 Å². The van der Waals surface area contributed by atoms with Crippen molar-refractivity contribution in [3.8, 4) is 17.0 Å². The average Bonchev–Trinajstić information content (AvgIpc) is 2.82. The molecule has 0 aliphatic carbocycles. The van der Waals surface area contributed by atoms with E-state index in [1.54, 1.807) is 0 Å². The lowest BCUT2D eigenvalue weighted by Crippen LogP contribution is -1.95. The minimum absolute atomic E-state index is 0.0214. The van der Waals surface area contributed by atoms with E-state index in [2.05, 4.69) is 10.2 Å². The summed E-state index contributed by atoms with van der Waals surface area (Å²) in [6.45, 7) is 3.78. The number of aromatic carboxylic acids is 1. The highest BCUT2D eigenvalue weighted by Gasteiger charge is 2.19. The number of benzene rings is 1. The number of carboxylic acid groups (broad SMARTS) is 1. The number of hydrogen-bond donors (Lipinski definition) is 2. The summed E-state index contributed by atoms with van der Waals surface area (Å²) in [5, 5.41) is 15.9. The van der Waals surface area contributed by atoms with Gasteiger partial charge in [0.05, 0.1) is 17.8 Å². The van der Waals surface area contributed by atoms with Crippen LogP contribution in [0.1, 0.15) is 21.6 Å². The number of ether oxygens (including phenoxy) is 1. The molecule has 100 valence electrons. The van der Waals surface area contributed by atoms with Gasteiger partial charge in [0, 0.05) is 5.56 Å². The van der Waals surface area contributed by atoms with Crippen LogP contribution in [0.5, 0.6) is 5.75 Å². The van der Waals surface area contributed by atoms with Gasteiger partial charge >= 0.3 is 5.97 Å². The third-order valence-corrected chi connectivity index (χ3v) is 3.34. The van der Waals surface area contributed by atoms with E-state index in [9.17, 15) is 4.79 Å². The van der Waals surface area contributed by atoms with Crippen LogP contribution in [0.15, 0.2) is 12.1 Å². The number of carbonyl (C=O) groups is 1. The van der Waals surface area contributed by atoms with E-state index >= 15 is 0 Å². The number of nitrogens with one attached hydrogen (secondary N) is 1. The topological polar surface area (TPSA) is 75.2 Å². The fourth-order valence-electron chi connectivity index (χ4n) is 2.00. The Morgan fingerprint density at radius 3 is 2.58 bits per heavy atom. The van der Waals surface area contributed by atoms with Crippen LogP contribution in [0.3, 0.4) is 0 Å². The summed E-state index contributed by atoms with van der Waals surface area (Å²) in [7, 11) is 1.52. The van der Waals surface area contributed by atoms with E-state index in [4.69, 9.17) is 21.4 Å². The van der Waals surface area contributed by atoms with Crippen molar-refractivity contribution >= 4 is 17.6 Å². The fraction of sp³-hybridized carbons (Fsp3) is 0.231. The maximum atomic E-state index is 10.9. The second kappa shape index (κ2) is 4.93. The second-order valence-electron chi connectivity index (χ2n) is 4.20. The van der Waals surface area contributed by atoms with E-state index in [0.717, 1.165) is 11.1 Å². The highest BCUT2D eigenvalue weighted by Crippen LogP contribution is 2.40. The fourth-order valence-corrected chi connectivity index (χ4v) is 2.22. The highest BCUT2D eigenvalue weighted by atomic mass is 35.5. The molecule has 0 radical (unpaired) electrons. The van der Waals surface area contributed by atoms with E-state index in [1.807, 2.05) is 19.9 Å². The van der Waals surface area contributed by atoms with Gasteiger partial charge in [-0.25, -0.2) is 4.79 Å². The summed E-state index contributed by atoms with van der Waals surface area (Å²) in [4.78, 5) is 10.9. The van der Waals surface area contributed by atoms with E-state index in [-0.39, 0.29) is 5.69 Å². The first-order chi connectivity index (χ1) is 8.95. The largest absolute Gasteiger partial charge is 0.494 e. The predicted octanol–water partition coefficient (Wildman–Crippen LogP) is 3.05. The first-order valence-corrected chi connectivity index (χ1v) is 5.96. The van der Waals surface area contributed by atoms with Gasteiger partial charge in [-0.15, -0.1) is 0 Å². The Morgan fingerprint density at radius 2 is 2.05 bits per heavy atom. The SMILES string of the molecule is COc1c(Cl)c(C)cc(C)c1-c1cc(C(=O)O)[nH]n1. The van der Waals surface area contributed by atoms with Gasteiger partial charge < -0.3 is 9.84 Å².